The number of sulfonamides is 1. The van der Waals surface area contributed by atoms with Crippen molar-refractivity contribution in [1.29, 1.82) is 0 Å². The molecule has 0 unspecified atom stereocenters. The number of rotatable bonds is 4. The molecule has 2 aliphatic carbocycles. The summed E-state index contributed by atoms with van der Waals surface area (Å²) in [5.41, 5.74) is -0.175. The molecule has 3 rings (SSSR count). The predicted octanol–water partition coefficient (Wildman–Crippen LogP) is 2.46. The topological polar surface area (TPSA) is 66.4 Å². The highest BCUT2D eigenvalue weighted by molar-refractivity contribution is 7.89. The van der Waals surface area contributed by atoms with Crippen LogP contribution in [0.3, 0.4) is 0 Å². The van der Waals surface area contributed by atoms with E-state index in [1.54, 1.807) is 24.3 Å². The summed E-state index contributed by atoms with van der Waals surface area (Å²) < 4.78 is 27.5. The van der Waals surface area contributed by atoms with E-state index < -0.39 is 15.6 Å². The van der Waals surface area contributed by atoms with E-state index in [0.717, 1.165) is 24.8 Å². The third kappa shape index (κ3) is 2.30. The van der Waals surface area contributed by atoms with Gasteiger partial charge in [-0.25, -0.2) is 13.1 Å². The molecule has 1 aromatic rings. The van der Waals surface area contributed by atoms with Crippen molar-refractivity contribution in [3.05, 3.63) is 29.8 Å². The zero-order valence-corrected chi connectivity index (χ0v) is 14.3. The van der Waals surface area contributed by atoms with Gasteiger partial charge in [-0.1, -0.05) is 31.5 Å². The highest BCUT2D eigenvalue weighted by atomic mass is 32.2. The lowest BCUT2D eigenvalue weighted by Crippen LogP contribution is -2.56. The molecular weight excluding hydrogens is 298 g/mol. The van der Waals surface area contributed by atoms with Crippen molar-refractivity contribution in [3.63, 3.8) is 0 Å². The van der Waals surface area contributed by atoms with Gasteiger partial charge in [0, 0.05) is 6.54 Å². The van der Waals surface area contributed by atoms with Crippen molar-refractivity contribution in [1.82, 2.24) is 4.72 Å². The SMILES string of the molecule is Cc1ccc(S(=O)(=O)NC[C@@]2(O)[C@@H]3CC[C@@H](C3)C2(C)C)cc1. The zero-order valence-electron chi connectivity index (χ0n) is 13.5. The number of fused-ring (bicyclic) bond motifs is 2. The summed E-state index contributed by atoms with van der Waals surface area (Å²) in [5, 5.41) is 11.1. The Morgan fingerprint density at radius 2 is 1.77 bits per heavy atom. The molecule has 0 aromatic heterocycles. The molecule has 122 valence electrons. The Labute approximate surface area is 133 Å². The van der Waals surface area contributed by atoms with Crippen LogP contribution in [0, 0.1) is 24.2 Å². The molecule has 2 N–H and O–H groups in total. The zero-order chi connectivity index (χ0) is 16.2. The fourth-order valence-electron chi connectivity index (χ4n) is 4.33. The Kier molecular flexibility index (Phi) is 3.66. The molecule has 3 atom stereocenters. The van der Waals surface area contributed by atoms with E-state index in [0.29, 0.717) is 5.92 Å². The van der Waals surface area contributed by atoms with Crippen molar-refractivity contribution in [2.24, 2.45) is 17.3 Å². The van der Waals surface area contributed by atoms with Crippen LogP contribution < -0.4 is 4.72 Å². The molecule has 5 heteroatoms. The fourth-order valence-corrected chi connectivity index (χ4v) is 5.40. The van der Waals surface area contributed by atoms with Gasteiger partial charge in [0.15, 0.2) is 0 Å². The fraction of sp³-hybridized carbons (Fsp3) is 0.647. The maximum Gasteiger partial charge on any atom is 0.240 e. The summed E-state index contributed by atoms with van der Waals surface area (Å²) in [6, 6.07) is 6.77. The molecule has 2 saturated carbocycles. The Morgan fingerprint density at radius 1 is 1.18 bits per heavy atom. The van der Waals surface area contributed by atoms with Gasteiger partial charge >= 0.3 is 0 Å². The lowest BCUT2D eigenvalue weighted by molar-refractivity contribution is -0.100. The molecule has 2 bridgehead atoms. The summed E-state index contributed by atoms with van der Waals surface area (Å²) in [7, 11) is -3.58. The minimum atomic E-state index is -3.58. The number of aliphatic hydroxyl groups is 1. The van der Waals surface area contributed by atoms with Gasteiger partial charge in [-0.05, 0) is 55.6 Å². The Morgan fingerprint density at radius 3 is 2.32 bits per heavy atom. The van der Waals surface area contributed by atoms with Crippen molar-refractivity contribution in [2.75, 3.05) is 6.54 Å². The lowest BCUT2D eigenvalue weighted by Gasteiger charge is -2.46. The molecular formula is C17H25NO3S. The van der Waals surface area contributed by atoms with Crippen LogP contribution in [0.1, 0.15) is 38.7 Å². The largest absolute Gasteiger partial charge is 0.388 e. The van der Waals surface area contributed by atoms with Gasteiger partial charge in [-0.3, -0.25) is 0 Å². The molecule has 2 fully saturated rings. The van der Waals surface area contributed by atoms with Crippen molar-refractivity contribution in [2.45, 2.75) is 50.5 Å². The van der Waals surface area contributed by atoms with Crippen molar-refractivity contribution >= 4 is 10.0 Å². The van der Waals surface area contributed by atoms with Crippen LogP contribution in [-0.4, -0.2) is 25.7 Å². The van der Waals surface area contributed by atoms with Gasteiger partial charge < -0.3 is 5.11 Å². The maximum atomic E-state index is 12.4. The molecule has 0 amide bonds. The van der Waals surface area contributed by atoms with E-state index in [-0.39, 0.29) is 22.8 Å². The highest BCUT2D eigenvalue weighted by Gasteiger charge is 2.62. The smallest absolute Gasteiger partial charge is 0.240 e. The molecule has 2 aliphatic rings. The normalized spacial score (nSPS) is 33.3. The highest BCUT2D eigenvalue weighted by Crippen LogP contribution is 2.61. The van der Waals surface area contributed by atoms with Crippen LogP contribution in [0.4, 0.5) is 0 Å². The number of aryl methyl sites for hydroxylation is 1. The van der Waals surface area contributed by atoms with Crippen LogP contribution in [0.5, 0.6) is 0 Å². The molecule has 0 aliphatic heterocycles. The molecule has 1 aromatic carbocycles. The molecule has 0 saturated heterocycles. The molecule has 0 heterocycles. The lowest BCUT2D eigenvalue weighted by atomic mass is 9.65. The number of benzene rings is 1. The Balaban J connectivity index is 1.78. The standard InChI is InChI=1S/C17H25NO3S/c1-12-4-8-15(9-5-12)22(20,21)18-11-17(19)14-7-6-13(10-14)16(17,2)3/h4-5,8-9,13-14,18-19H,6-7,10-11H2,1-3H3/t13-,14+,17+/m0/s1. The maximum absolute atomic E-state index is 12.4. The van der Waals surface area contributed by atoms with Crippen molar-refractivity contribution < 1.29 is 13.5 Å². The van der Waals surface area contributed by atoms with Gasteiger partial charge in [-0.2, -0.15) is 0 Å². The van der Waals surface area contributed by atoms with E-state index in [1.807, 2.05) is 6.92 Å². The molecule has 22 heavy (non-hydrogen) atoms. The van der Waals surface area contributed by atoms with Crippen LogP contribution in [0.25, 0.3) is 0 Å². The van der Waals surface area contributed by atoms with E-state index in [2.05, 4.69) is 18.6 Å². The second-order valence-electron chi connectivity index (χ2n) is 7.49. The summed E-state index contributed by atoms with van der Waals surface area (Å²) in [6.45, 7) is 6.15. The van der Waals surface area contributed by atoms with Gasteiger partial charge in [0.25, 0.3) is 0 Å². The van der Waals surface area contributed by atoms with E-state index in [9.17, 15) is 13.5 Å². The van der Waals surface area contributed by atoms with Gasteiger partial charge in [-0.15, -0.1) is 0 Å². The average Bonchev–Trinajstić information content (AvgIpc) is 3.01. The number of hydrogen-bond acceptors (Lipinski definition) is 3. The first-order valence-corrected chi connectivity index (χ1v) is 9.44. The van der Waals surface area contributed by atoms with E-state index >= 15 is 0 Å². The molecule has 0 spiro atoms. The Hall–Kier alpha value is -0.910. The summed E-state index contributed by atoms with van der Waals surface area (Å²) >= 11 is 0. The van der Waals surface area contributed by atoms with Gasteiger partial charge in [0.2, 0.25) is 10.0 Å². The number of hydrogen-bond donors (Lipinski definition) is 2. The third-order valence-electron chi connectivity index (χ3n) is 6.11. The minimum absolute atomic E-state index is 0.0946. The van der Waals surface area contributed by atoms with Crippen LogP contribution in [0.2, 0.25) is 0 Å². The first kappa shape index (κ1) is 16.0. The van der Waals surface area contributed by atoms with Crippen LogP contribution in [-0.2, 0) is 10.0 Å². The second-order valence-corrected chi connectivity index (χ2v) is 9.26. The summed E-state index contributed by atoms with van der Waals surface area (Å²) in [6.07, 6.45) is 3.15. The van der Waals surface area contributed by atoms with Crippen LogP contribution >= 0.6 is 0 Å². The van der Waals surface area contributed by atoms with Gasteiger partial charge in [0.1, 0.15) is 0 Å². The molecule has 0 radical (unpaired) electrons. The van der Waals surface area contributed by atoms with Gasteiger partial charge in [0.05, 0.1) is 10.5 Å². The Bertz CT molecular complexity index is 666. The predicted molar refractivity (Wildman–Crippen MR) is 85.9 cm³/mol. The third-order valence-corrected chi connectivity index (χ3v) is 7.52. The van der Waals surface area contributed by atoms with E-state index in [1.165, 1.54) is 0 Å². The average molecular weight is 323 g/mol. The monoisotopic (exact) mass is 323 g/mol. The minimum Gasteiger partial charge on any atom is -0.388 e. The first-order valence-electron chi connectivity index (χ1n) is 7.95. The van der Waals surface area contributed by atoms with Crippen LogP contribution in [0.15, 0.2) is 29.2 Å². The van der Waals surface area contributed by atoms with E-state index in [4.69, 9.17) is 0 Å². The quantitative estimate of drug-likeness (QED) is 0.894. The first-order chi connectivity index (χ1) is 10.2. The summed E-state index contributed by atoms with van der Waals surface area (Å²) in [4.78, 5) is 0.252. The number of nitrogens with one attached hydrogen (secondary N) is 1. The van der Waals surface area contributed by atoms with Crippen molar-refractivity contribution in [3.8, 4) is 0 Å². The summed E-state index contributed by atoms with van der Waals surface area (Å²) in [5.74, 6) is 0.694. The molecule has 4 nitrogen and oxygen atoms in total. The second kappa shape index (κ2) is 5.05.